The van der Waals surface area contributed by atoms with Gasteiger partial charge in [0, 0.05) is 18.3 Å². The molecule has 0 aliphatic carbocycles. The van der Waals surface area contributed by atoms with E-state index in [4.69, 9.17) is 9.47 Å². The summed E-state index contributed by atoms with van der Waals surface area (Å²) in [5.74, 6) is 0.0270. The van der Waals surface area contributed by atoms with Crippen molar-refractivity contribution in [3.63, 3.8) is 0 Å². The molecule has 0 N–H and O–H groups in total. The standard InChI is InChI=1S/C17H19NO4/c1-17(2,15(19)21-3)13-9-11-18(12-10-13)16(20)22-14-7-5-4-6-8-14/h4-13H,1-3H3. The van der Waals surface area contributed by atoms with Crippen molar-refractivity contribution in [2.45, 2.75) is 13.8 Å². The van der Waals surface area contributed by atoms with Gasteiger partial charge >= 0.3 is 12.1 Å². The van der Waals surface area contributed by atoms with E-state index in [1.54, 1.807) is 62.7 Å². The van der Waals surface area contributed by atoms with E-state index < -0.39 is 11.5 Å². The van der Waals surface area contributed by atoms with Crippen molar-refractivity contribution in [1.29, 1.82) is 0 Å². The Labute approximate surface area is 129 Å². The Balaban J connectivity index is 2.01. The van der Waals surface area contributed by atoms with Gasteiger partial charge in [-0.25, -0.2) is 4.79 Å². The lowest BCUT2D eigenvalue weighted by Gasteiger charge is -2.30. The van der Waals surface area contributed by atoms with Gasteiger partial charge in [-0.1, -0.05) is 30.4 Å². The third-order valence-electron chi connectivity index (χ3n) is 3.61. The number of amides is 1. The number of nitrogens with zero attached hydrogens (tertiary/aromatic N) is 1. The second kappa shape index (κ2) is 6.47. The molecule has 0 radical (unpaired) electrons. The summed E-state index contributed by atoms with van der Waals surface area (Å²) in [5, 5.41) is 0. The van der Waals surface area contributed by atoms with Crippen LogP contribution in [0.2, 0.25) is 0 Å². The molecule has 1 aromatic carbocycles. The Kier molecular flexibility index (Phi) is 4.65. The Morgan fingerprint density at radius 3 is 2.23 bits per heavy atom. The molecular formula is C17H19NO4. The van der Waals surface area contributed by atoms with Crippen molar-refractivity contribution in [1.82, 2.24) is 4.90 Å². The smallest absolute Gasteiger partial charge is 0.423 e. The highest BCUT2D eigenvalue weighted by Crippen LogP contribution is 2.32. The average molecular weight is 301 g/mol. The van der Waals surface area contributed by atoms with E-state index in [9.17, 15) is 9.59 Å². The largest absolute Gasteiger partial charge is 0.469 e. The summed E-state index contributed by atoms with van der Waals surface area (Å²) < 4.78 is 10.0. The molecule has 0 bridgehead atoms. The van der Waals surface area contributed by atoms with Crippen molar-refractivity contribution < 1.29 is 19.1 Å². The minimum atomic E-state index is -0.697. The number of hydrogen-bond donors (Lipinski definition) is 0. The van der Waals surface area contributed by atoms with Gasteiger partial charge in [0.15, 0.2) is 0 Å². The Morgan fingerprint density at radius 2 is 1.68 bits per heavy atom. The average Bonchev–Trinajstić information content (AvgIpc) is 2.55. The molecule has 22 heavy (non-hydrogen) atoms. The van der Waals surface area contributed by atoms with E-state index >= 15 is 0 Å². The van der Waals surface area contributed by atoms with Crippen molar-refractivity contribution in [2.75, 3.05) is 7.11 Å². The van der Waals surface area contributed by atoms with Crippen molar-refractivity contribution in [3.8, 4) is 5.75 Å². The van der Waals surface area contributed by atoms with Gasteiger partial charge in [0.25, 0.3) is 0 Å². The van der Waals surface area contributed by atoms with Crippen LogP contribution in [0.1, 0.15) is 13.8 Å². The van der Waals surface area contributed by atoms with Crippen molar-refractivity contribution >= 4 is 12.1 Å². The molecule has 1 aromatic rings. The summed E-state index contributed by atoms with van der Waals surface area (Å²) in [7, 11) is 1.36. The maximum absolute atomic E-state index is 12.0. The molecule has 0 aromatic heterocycles. The lowest BCUT2D eigenvalue weighted by molar-refractivity contribution is -0.152. The number of ether oxygens (including phenoxy) is 2. The number of rotatable bonds is 3. The van der Waals surface area contributed by atoms with Crippen molar-refractivity contribution in [2.24, 2.45) is 11.3 Å². The van der Waals surface area contributed by atoms with Crippen LogP contribution in [0.3, 0.4) is 0 Å². The second-order valence-electron chi connectivity index (χ2n) is 5.51. The van der Waals surface area contributed by atoms with Crippen LogP contribution < -0.4 is 4.74 Å². The van der Waals surface area contributed by atoms with Gasteiger partial charge in [-0.2, -0.15) is 0 Å². The summed E-state index contributed by atoms with van der Waals surface area (Å²) in [6.45, 7) is 3.60. The summed E-state index contributed by atoms with van der Waals surface area (Å²) in [5.41, 5.74) is -0.697. The van der Waals surface area contributed by atoms with Gasteiger partial charge in [0.05, 0.1) is 12.5 Å². The van der Waals surface area contributed by atoms with Gasteiger partial charge in [-0.3, -0.25) is 9.69 Å². The minimum absolute atomic E-state index is 0.152. The van der Waals surface area contributed by atoms with Crippen LogP contribution in [0.25, 0.3) is 0 Å². The fourth-order valence-corrected chi connectivity index (χ4v) is 2.13. The number of esters is 1. The Bertz CT molecular complexity index is 590. The molecule has 0 saturated heterocycles. The summed E-state index contributed by atoms with van der Waals surface area (Å²) >= 11 is 0. The van der Waals surface area contributed by atoms with E-state index in [1.807, 2.05) is 6.07 Å². The van der Waals surface area contributed by atoms with Gasteiger partial charge < -0.3 is 9.47 Å². The van der Waals surface area contributed by atoms with Gasteiger partial charge in [-0.15, -0.1) is 0 Å². The lowest BCUT2D eigenvalue weighted by Crippen LogP contribution is -2.35. The SMILES string of the molecule is COC(=O)C(C)(C)C1C=CN(C(=O)Oc2ccccc2)C=C1. The first-order valence-electron chi connectivity index (χ1n) is 6.95. The number of carbonyl (C=O) groups excluding carboxylic acids is 2. The Morgan fingerprint density at radius 1 is 1.09 bits per heavy atom. The van der Waals surface area contributed by atoms with Gasteiger partial charge in [0.2, 0.25) is 0 Å². The quantitative estimate of drug-likeness (QED) is 0.803. The van der Waals surface area contributed by atoms with Crippen LogP contribution >= 0.6 is 0 Å². The predicted molar refractivity (Wildman–Crippen MR) is 81.9 cm³/mol. The highest BCUT2D eigenvalue weighted by atomic mass is 16.6. The molecule has 1 aliphatic rings. The van der Waals surface area contributed by atoms with Gasteiger partial charge in [-0.05, 0) is 26.0 Å². The normalized spacial score (nSPS) is 14.8. The van der Waals surface area contributed by atoms with Crippen LogP contribution in [0.4, 0.5) is 4.79 Å². The van der Waals surface area contributed by atoms with Crippen LogP contribution in [0.5, 0.6) is 5.75 Å². The third kappa shape index (κ3) is 3.36. The monoisotopic (exact) mass is 301 g/mol. The number of carbonyl (C=O) groups is 2. The van der Waals surface area contributed by atoms with E-state index in [1.165, 1.54) is 12.0 Å². The number of benzene rings is 1. The fraction of sp³-hybridized carbons (Fsp3) is 0.294. The number of allylic oxidation sites excluding steroid dienone is 2. The first-order chi connectivity index (χ1) is 10.4. The summed E-state index contributed by atoms with van der Waals surface area (Å²) in [6, 6.07) is 8.84. The first kappa shape index (κ1) is 15.8. The minimum Gasteiger partial charge on any atom is -0.469 e. The third-order valence-corrected chi connectivity index (χ3v) is 3.61. The summed E-state index contributed by atoms with van der Waals surface area (Å²) in [4.78, 5) is 25.1. The van der Waals surface area contributed by atoms with Crippen LogP contribution in [-0.2, 0) is 9.53 Å². The molecule has 5 heteroatoms. The zero-order chi connectivity index (χ0) is 16.2. The lowest BCUT2D eigenvalue weighted by atomic mass is 9.78. The van der Waals surface area contributed by atoms with Crippen LogP contribution in [0.15, 0.2) is 54.9 Å². The molecule has 5 nitrogen and oxygen atoms in total. The van der Waals surface area contributed by atoms with E-state index in [-0.39, 0.29) is 11.9 Å². The highest BCUT2D eigenvalue weighted by Gasteiger charge is 2.36. The molecule has 0 unspecified atom stereocenters. The Hall–Kier alpha value is -2.56. The molecule has 0 fully saturated rings. The number of methoxy groups -OCH3 is 1. The number of para-hydroxylation sites is 1. The first-order valence-corrected chi connectivity index (χ1v) is 6.95. The maximum Gasteiger partial charge on any atom is 0.423 e. The highest BCUT2D eigenvalue weighted by molar-refractivity contribution is 5.77. The summed E-state index contributed by atoms with van der Waals surface area (Å²) in [6.07, 6.45) is 6.25. The molecule has 0 spiro atoms. The van der Waals surface area contributed by atoms with Gasteiger partial charge in [0.1, 0.15) is 5.75 Å². The fourth-order valence-electron chi connectivity index (χ4n) is 2.13. The zero-order valence-electron chi connectivity index (χ0n) is 12.9. The molecule has 116 valence electrons. The zero-order valence-corrected chi connectivity index (χ0v) is 12.9. The van der Waals surface area contributed by atoms with E-state index in [0.29, 0.717) is 5.75 Å². The molecule has 0 saturated carbocycles. The topological polar surface area (TPSA) is 55.8 Å². The molecule has 1 aliphatic heterocycles. The predicted octanol–water partition coefficient (Wildman–Crippen LogP) is 3.34. The van der Waals surface area contributed by atoms with Crippen LogP contribution in [-0.4, -0.2) is 24.1 Å². The van der Waals surface area contributed by atoms with Crippen LogP contribution in [0, 0.1) is 11.3 Å². The molecule has 1 heterocycles. The molecule has 2 rings (SSSR count). The molecule has 0 atom stereocenters. The van der Waals surface area contributed by atoms with E-state index in [0.717, 1.165) is 0 Å². The number of hydrogen-bond acceptors (Lipinski definition) is 4. The molecule has 1 amide bonds. The van der Waals surface area contributed by atoms with Crippen molar-refractivity contribution in [3.05, 3.63) is 54.9 Å². The van der Waals surface area contributed by atoms with E-state index in [2.05, 4.69) is 0 Å². The molecular weight excluding hydrogens is 282 g/mol. The second-order valence-corrected chi connectivity index (χ2v) is 5.51. The maximum atomic E-state index is 12.0.